The topological polar surface area (TPSA) is 67.2 Å². The zero-order valence-electron chi connectivity index (χ0n) is 14.5. The van der Waals surface area contributed by atoms with Gasteiger partial charge in [-0.15, -0.1) is 0 Å². The van der Waals surface area contributed by atoms with E-state index in [9.17, 15) is 18.4 Å². The summed E-state index contributed by atoms with van der Waals surface area (Å²) in [6.07, 6.45) is 1.39. The standard InChI is InChI=1S/C17H20F2N4O2/c1-10-9-23(15-12(18)6-5-7-13(15)19)21-14(10)17(25)22(4)8-11(2)16(24)20-3/h5-7,9,11H,8H2,1-4H3,(H,20,24)/t11-/m1/s1. The van der Waals surface area contributed by atoms with Gasteiger partial charge in [0.1, 0.15) is 5.69 Å². The molecular formula is C17H20F2N4O2. The van der Waals surface area contributed by atoms with E-state index in [1.54, 1.807) is 20.9 Å². The Bertz CT molecular complexity index is 784. The van der Waals surface area contributed by atoms with E-state index in [1.165, 1.54) is 24.2 Å². The second-order valence-corrected chi connectivity index (χ2v) is 5.88. The molecule has 6 nitrogen and oxygen atoms in total. The van der Waals surface area contributed by atoms with Crippen molar-refractivity contribution < 1.29 is 18.4 Å². The van der Waals surface area contributed by atoms with Crippen molar-refractivity contribution in [3.8, 4) is 5.69 Å². The maximum Gasteiger partial charge on any atom is 0.274 e. The molecule has 1 aromatic carbocycles. The predicted octanol–water partition coefficient (Wildman–Crippen LogP) is 1.91. The minimum Gasteiger partial charge on any atom is -0.359 e. The van der Waals surface area contributed by atoms with Gasteiger partial charge in [-0.2, -0.15) is 5.10 Å². The van der Waals surface area contributed by atoms with Crippen LogP contribution in [0.3, 0.4) is 0 Å². The molecule has 1 N–H and O–H groups in total. The zero-order chi connectivity index (χ0) is 18.7. The number of benzene rings is 1. The van der Waals surface area contributed by atoms with Crippen molar-refractivity contribution in [3.63, 3.8) is 0 Å². The predicted molar refractivity (Wildman–Crippen MR) is 88.4 cm³/mol. The number of hydrogen-bond donors (Lipinski definition) is 1. The molecule has 0 fully saturated rings. The van der Waals surface area contributed by atoms with Crippen molar-refractivity contribution in [2.45, 2.75) is 13.8 Å². The SMILES string of the molecule is CNC(=O)[C@H](C)CN(C)C(=O)c1nn(-c2c(F)cccc2F)cc1C. The van der Waals surface area contributed by atoms with Crippen LogP contribution in [-0.2, 0) is 4.79 Å². The van der Waals surface area contributed by atoms with Crippen LogP contribution >= 0.6 is 0 Å². The van der Waals surface area contributed by atoms with Gasteiger partial charge in [-0.3, -0.25) is 9.59 Å². The first-order valence-electron chi connectivity index (χ1n) is 7.74. The second kappa shape index (κ2) is 7.42. The lowest BCUT2D eigenvalue weighted by molar-refractivity contribution is -0.124. The minimum atomic E-state index is -0.775. The van der Waals surface area contributed by atoms with Gasteiger partial charge in [-0.1, -0.05) is 13.0 Å². The zero-order valence-corrected chi connectivity index (χ0v) is 14.5. The van der Waals surface area contributed by atoms with Gasteiger partial charge in [0.05, 0.1) is 5.92 Å². The van der Waals surface area contributed by atoms with E-state index < -0.39 is 23.5 Å². The highest BCUT2D eigenvalue weighted by Crippen LogP contribution is 2.19. The molecule has 0 bridgehead atoms. The largest absolute Gasteiger partial charge is 0.359 e. The van der Waals surface area contributed by atoms with Crippen LogP contribution in [0.15, 0.2) is 24.4 Å². The Morgan fingerprint density at radius 2 is 1.92 bits per heavy atom. The molecule has 0 aliphatic rings. The number of aryl methyl sites for hydroxylation is 1. The highest BCUT2D eigenvalue weighted by atomic mass is 19.1. The summed E-state index contributed by atoms with van der Waals surface area (Å²) in [5.41, 5.74) is 0.215. The number of carbonyl (C=O) groups is 2. The summed E-state index contributed by atoms with van der Waals surface area (Å²) in [6.45, 7) is 3.52. The number of amides is 2. The van der Waals surface area contributed by atoms with Crippen LogP contribution in [0.4, 0.5) is 8.78 Å². The molecule has 25 heavy (non-hydrogen) atoms. The first-order chi connectivity index (χ1) is 11.8. The summed E-state index contributed by atoms with van der Waals surface area (Å²) in [5, 5.41) is 6.56. The van der Waals surface area contributed by atoms with Crippen molar-refractivity contribution in [3.05, 3.63) is 47.3 Å². The Morgan fingerprint density at radius 1 is 1.32 bits per heavy atom. The van der Waals surface area contributed by atoms with Gasteiger partial charge in [0.2, 0.25) is 5.91 Å². The summed E-state index contributed by atoms with van der Waals surface area (Å²) in [7, 11) is 3.07. The van der Waals surface area contributed by atoms with Crippen LogP contribution in [-0.4, -0.2) is 47.1 Å². The van der Waals surface area contributed by atoms with Crippen molar-refractivity contribution in [1.29, 1.82) is 0 Å². The molecule has 1 atom stereocenters. The van der Waals surface area contributed by atoms with Crippen LogP contribution in [0.1, 0.15) is 23.0 Å². The van der Waals surface area contributed by atoms with Crippen LogP contribution in [0.25, 0.3) is 5.69 Å². The van der Waals surface area contributed by atoms with Crippen LogP contribution < -0.4 is 5.32 Å². The summed E-state index contributed by atoms with van der Waals surface area (Å²) >= 11 is 0. The maximum absolute atomic E-state index is 13.9. The highest BCUT2D eigenvalue weighted by Gasteiger charge is 2.23. The van der Waals surface area contributed by atoms with E-state index in [1.807, 2.05) is 0 Å². The summed E-state index contributed by atoms with van der Waals surface area (Å²) in [6, 6.07) is 3.49. The fraction of sp³-hybridized carbons (Fsp3) is 0.353. The molecule has 0 aliphatic heterocycles. The molecule has 0 radical (unpaired) electrons. The number of aromatic nitrogens is 2. The molecule has 134 valence electrons. The van der Waals surface area contributed by atoms with Crippen molar-refractivity contribution in [2.24, 2.45) is 5.92 Å². The van der Waals surface area contributed by atoms with Gasteiger partial charge >= 0.3 is 0 Å². The van der Waals surface area contributed by atoms with Gasteiger partial charge in [-0.25, -0.2) is 13.5 Å². The number of halogens is 2. The average molecular weight is 350 g/mol. The van der Waals surface area contributed by atoms with Crippen molar-refractivity contribution in [2.75, 3.05) is 20.6 Å². The number of nitrogens with one attached hydrogen (secondary N) is 1. The van der Waals surface area contributed by atoms with E-state index in [0.717, 1.165) is 16.8 Å². The van der Waals surface area contributed by atoms with Crippen LogP contribution in [0, 0.1) is 24.5 Å². The lowest BCUT2D eigenvalue weighted by atomic mass is 10.1. The van der Waals surface area contributed by atoms with Gasteiger partial charge in [-0.05, 0) is 19.1 Å². The molecule has 1 heterocycles. The molecule has 0 saturated heterocycles. The normalized spacial score (nSPS) is 11.9. The monoisotopic (exact) mass is 350 g/mol. The molecule has 2 rings (SSSR count). The molecule has 8 heteroatoms. The molecule has 2 aromatic rings. The van der Waals surface area contributed by atoms with Gasteiger partial charge in [0, 0.05) is 32.4 Å². The number of carbonyl (C=O) groups excluding carboxylic acids is 2. The molecule has 0 saturated carbocycles. The average Bonchev–Trinajstić information content (AvgIpc) is 2.94. The molecule has 2 amide bonds. The van der Waals surface area contributed by atoms with E-state index in [4.69, 9.17) is 0 Å². The Balaban J connectivity index is 2.28. The lowest BCUT2D eigenvalue weighted by Crippen LogP contribution is -2.37. The van der Waals surface area contributed by atoms with E-state index >= 15 is 0 Å². The number of hydrogen-bond acceptors (Lipinski definition) is 3. The third-order valence-corrected chi connectivity index (χ3v) is 3.85. The van der Waals surface area contributed by atoms with Gasteiger partial charge in [0.25, 0.3) is 5.91 Å². The quantitative estimate of drug-likeness (QED) is 0.896. The molecule has 0 aliphatic carbocycles. The Kier molecular flexibility index (Phi) is 5.51. The van der Waals surface area contributed by atoms with Crippen molar-refractivity contribution >= 4 is 11.8 Å². The first-order valence-corrected chi connectivity index (χ1v) is 7.74. The molecular weight excluding hydrogens is 330 g/mol. The number of rotatable bonds is 5. The Morgan fingerprint density at radius 3 is 2.48 bits per heavy atom. The van der Waals surface area contributed by atoms with Gasteiger partial charge < -0.3 is 10.2 Å². The highest BCUT2D eigenvalue weighted by molar-refractivity contribution is 5.93. The first kappa shape index (κ1) is 18.6. The third-order valence-electron chi connectivity index (χ3n) is 3.85. The smallest absolute Gasteiger partial charge is 0.274 e. The molecule has 0 unspecified atom stereocenters. The maximum atomic E-state index is 13.9. The van der Waals surface area contributed by atoms with Gasteiger partial charge in [0.15, 0.2) is 17.3 Å². The van der Waals surface area contributed by atoms with Crippen LogP contribution in [0.5, 0.6) is 0 Å². The lowest BCUT2D eigenvalue weighted by Gasteiger charge is -2.20. The van der Waals surface area contributed by atoms with E-state index in [-0.39, 0.29) is 23.8 Å². The van der Waals surface area contributed by atoms with Crippen LogP contribution in [0.2, 0.25) is 0 Å². The Labute approximate surface area is 144 Å². The summed E-state index contributed by atoms with van der Waals surface area (Å²) < 4.78 is 28.8. The minimum absolute atomic E-state index is 0.0780. The fourth-order valence-corrected chi connectivity index (χ4v) is 2.50. The van der Waals surface area contributed by atoms with E-state index in [2.05, 4.69) is 10.4 Å². The summed E-state index contributed by atoms with van der Waals surface area (Å²) in [4.78, 5) is 25.5. The third kappa shape index (κ3) is 3.84. The fourth-order valence-electron chi connectivity index (χ4n) is 2.50. The Hall–Kier alpha value is -2.77. The molecule has 0 spiro atoms. The van der Waals surface area contributed by atoms with Crippen molar-refractivity contribution in [1.82, 2.24) is 20.0 Å². The molecule has 1 aromatic heterocycles. The van der Waals surface area contributed by atoms with E-state index in [0.29, 0.717) is 5.56 Å². The number of nitrogens with zero attached hydrogens (tertiary/aromatic N) is 3. The number of para-hydroxylation sites is 1. The summed E-state index contributed by atoms with van der Waals surface area (Å²) in [5.74, 6) is -2.56. The second-order valence-electron chi connectivity index (χ2n) is 5.88.